The average molecular weight is 252 g/mol. The summed E-state index contributed by atoms with van der Waals surface area (Å²) in [6, 6.07) is 5.20. The van der Waals surface area contributed by atoms with Gasteiger partial charge < -0.3 is 5.11 Å². The van der Waals surface area contributed by atoms with E-state index >= 15 is 0 Å². The molecule has 1 aliphatic heterocycles. The summed E-state index contributed by atoms with van der Waals surface area (Å²) < 4.78 is 24.2. The van der Waals surface area contributed by atoms with E-state index in [0.717, 1.165) is 5.56 Å². The van der Waals surface area contributed by atoms with Crippen molar-refractivity contribution in [3.63, 3.8) is 0 Å². The van der Waals surface area contributed by atoms with Crippen LogP contribution < -0.4 is 0 Å². The summed E-state index contributed by atoms with van der Waals surface area (Å²) in [4.78, 5) is 11.0. The Balaban J connectivity index is 2.39. The fraction of sp³-hybridized carbons (Fsp3) is 0.250. The van der Waals surface area contributed by atoms with E-state index < -0.39 is 15.8 Å². The standard InChI is InChI=1S/C12H12O4S/c1-8-2-3-9-7-10(4-5-12(13)14)17(15,16)11(9)6-8/h2-3,6-7H,4-5H2,1H3,(H,13,14). The van der Waals surface area contributed by atoms with E-state index in [-0.39, 0.29) is 22.6 Å². The molecule has 0 aromatic heterocycles. The molecule has 17 heavy (non-hydrogen) atoms. The van der Waals surface area contributed by atoms with Crippen LogP contribution in [0.3, 0.4) is 0 Å². The number of hydrogen-bond donors (Lipinski definition) is 1. The van der Waals surface area contributed by atoms with Gasteiger partial charge in [0.1, 0.15) is 0 Å². The number of carboxylic acids is 1. The van der Waals surface area contributed by atoms with Gasteiger partial charge in [-0.2, -0.15) is 0 Å². The monoisotopic (exact) mass is 252 g/mol. The van der Waals surface area contributed by atoms with Crippen molar-refractivity contribution in [2.45, 2.75) is 24.7 Å². The van der Waals surface area contributed by atoms with Gasteiger partial charge in [0.2, 0.25) is 9.84 Å². The largest absolute Gasteiger partial charge is 0.481 e. The molecule has 0 aliphatic carbocycles. The summed E-state index contributed by atoms with van der Waals surface area (Å²) in [7, 11) is -3.47. The van der Waals surface area contributed by atoms with Crippen LogP contribution in [-0.4, -0.2) is 19.5 Å². The van der Waals surface area contributed by atoms with Crippen LogP contribution in [0.2, 0.25) is 0 Å². The molecular formula is C12H12O4S. The average Bonchev–Trinajstić information content (AvgIpc) is 2.48. The number of carbonyl (C=O) groups is 1. The van der Waals surface area contributed by atoms with Crippen molar-refractivity contribution in [3.05, 3.63) is 34.2 Å². The highest BCUT2D eigenvalue weighted by Gasteiger charge is 2.29. The van der Waals surface area contributed by atoms with Gasteiger partial charge in [0, 0.05) is 0 Å². The van der Waals surface area contributed by atoms with Crippen LogP contribution in [0.15, 0.2) is 28.0 Å². The van der Waals surface area contributed by atoms with E-state index in [4.69, 9.17) is 5.11 Å². The molecule has 4 nitrogen and oxygen atoms in total. The van der Waals surface area contributed by atoms with Gasteiger partial charge in [-0.3, -0.25) is 4.79 Å². The zero-order chi connectivity index (χ0) is 12.6. The summed E-state index contributed by atoms with van der Waals surface area (Å²) in [6.07, 6.45) is 1.44. The first-order chi connectivity index (χ1) is 7.91. The van der Waals surface area contributed by atoms with Gasteiger partial charge in [0.25, 0.3) is 0 Å². The first-order valence-corrected chi connectivity index (χ1v) is 6.67. The molecule has 0 unspecified atom stereocenters. The van der Waals surface area contributed by atoms with E-state index in [2.05, 4.69) is 0 Å². The second kappa shape index (κ2) is 4.00. The molecule has 0 radical (unpaired) electrons. The maximum atomic E-state index is 12.1. The minimum Gasteiger partial charge on any atom is -0.481 e. The van der Waals surface area contributed by atoms with Crippen LogP contribution in [0.1, 0.15) is 24.0 Å². The van der Waals surface area contributed by atoms with Gasteiger partial charge in [0.15, 0.2) is 0 Å². The van der Waals surface area contributed by atoms with Gasteiger partial charge in [-0.1, -0.05) is 12.1 Å². The van der Waals surface area contributed by atoms with Crippen LogP contribution in [0.25, 0.3) is 6.08 Å². The van der Waals surface area contributed by atoms with Crippen LogP contribution in [0, 0.1) is 6.92 Å². The summed E-state index contributed by atoms with van der Waals surface area (Å²) in [5, 5.41) is 8.58. The number of rotatable bonds is 3. The van der Waals surface area contributed by atoms with Crippen molar-refractivity contribution in [2.75, 3.05) is 0 Å². The van der Waals surface area contributed by atoms with Crippen molar-refractivity contribution in [2.24, 2.45) is 0 Å². The first kappa shape index (κ1) is 11.9. The highest BCUT2D eigenvalue weighted by atomic mass is 32.2. The number of hydrogen-bond acceptors (Lipinski definition) is 3. The normalized spacial score (nSPS) is 16.4. The maximum Gasteiger partial charge on any atom is 0.303 e. The van der Waals surface area contributed by atoms with Crippen molar-refractivity contribution >= 4 is 21.9 Å². The zero-order valence-corrected chi connectivity index (χ0v) is 10.1. The number of benzene rings is 1. The van der Waals surface area contributed by atoms with Crippen LogP contribution in [-0.2, 0) is 14.6 Å². The topological polar surface area (TPSA) is 71.4 Å². The van der Waals surface area contributed by atoms with Crippen LogP contribution in [0.4, 0.5) is 0 Å². The molecule has 1 aromatic rings. The maximum absolute atomic E-state index is 12.1. The Bertz CT molecular complexity index is 611. The molecule has 90 valence electrons. The van der Waals surface area contributed by atoms with Crippen molar-refractivity contribution in [1.82, 2.24) is 0 Å². The van der Waals surface area contributed by atoms with E-state index in [1.165, 1.54) is 0 Å². The molecule has 0 atom stereocenters. The number of sulfone groups is 1. The molecule has 0 saturated heterocycles. The van der Waals surface area contributed by atoms with E-state index in [1.807, 2.05) is 13.0 Å². The number of aliphatic carboxylic acids is 1. The number of aryl methyl sites for hydroxylation is 1. The predicted octanol–water partition coefficient (Wildman–Crippen LogP) is 1.99. The highest BCUT2D eigenvalue weighted by molar-refractivity contribution is 7.95. The SMILES string of the molecule is Cc1ccc2c(c1)S(=O)(=O)C(CCC(=O)O)=C2. The van der Waals surface area contributed by atoms with Crippen molar-refractivity contribution < 1.29 is 18.3 Å². The van der Waals surface area contributed by atoms with E-state index in [0.29, 0.717) is 5.56 Å². The van der Waals surface area contributed by atoms with E-state index in [1.54, 1.807) is 18.2 Å². The molecular weight excluding hydrogens is 240 g/mol. The third kappa shape index (κ3) is 2.10. The zero-order valence-electron chi connectivity index (χ0n) is 9.30. The van der Waals surface area contributed by atoms with Crippen molar-refractivity contribution in [3.8, 4) is 0 Å². The van der Waals surface area contributed by atoms with Crippen LogP contribution in [0.5, 0.6) is 0 Å². The van der Waals surface area contributed by atoms with Gasteiger partial charge in [0.05, 0.1) is 16.2 Å². The summed E-state index contributed by atoms with van der Waals surface area (Å²) in [6.45, 7) is 1.82. The third-order valence-electron chi connectivity index (χ3n) is 2.71. The summed E-state index contributed by atoms with van der Waals surface area (Å²) in [5.74, 6) is -0.992. The summed E-state index contributed by atoms with van der Waals surface area (Å²) in [5.41, 5.74) is 1.52. The predicted molar refractivity (Wildman–Crippen MR) is 63.2 cm³/mol. The van der Waals surface area contributed by atoms with Gasteiger partial charge in [-0.15, -0.1) is 0 Å². The second-order valence-corrected chi connectivity index (χ2v) is 6.02. The molecule has 0 bridgehead atoms. The Morgan fingerprint density at radius 3 is 2.71 bits per heavy atom. The Kier molecular flexibility index (Phi) is 2.79. The molecule has 0 spiro atoms. The number of fused-ring (bicyclic) bond motifs is 1. The minimum atomic E-state index is -3.47. The number of carboxylic acid groups (broad SMARTS) is 1. The molecule has 5 heteroatoms. The molecule has 1 aromatic carbocycles. The minimum absolute atomic E-state index is 0.0470. The smallest absolute Gasteiger partial charge is 0.303 e. The lowest BCUT2D eigenvalue weighted by molar-refractivity contribution is -0.136. The lowest BCUT2D eigenvalue weighted by atomic mass is 10.1. The molecule has 0 amide bonds. The third-order valence-corrected chi connectivity index (χ3v) is 4.65. The molecule has 0 saturated carbocycles. The van der Waals surface area contributed by atoms with Crippen molar-refractivity contribution in [1.29, 1.82) is 0 Å². The highest BCUT2D eigenvalue weighted by Crippen LogP contribution is 2.35. The molecule has 2 rings (SSSR count). The Labute approximate surface area is 99.5 Å². The number of allylic oxidation sites excluding steroid dienone is 1. The van der Waals surface area contributed by atoms with Gasteiger partial charge in [-0.05, 0) is 36.6 Å². The van der Waals surface area contributed by atoms with Gasteiger partial charge >= 0.3 is 5.97 Å². The van der Waals surface area contributed by atoms with E-state index in [9.17, 15) is 13.2 Å². The van der Waals surface area contributed by atoms with Crippen LogP contribution >= 0.6 is 0 Å². The molecule has 1 N–H and O–H groups in total. The van der Waals surface area contributed by atoms with Gasteiger partial charge in [-0.25, -0.2) is 8.42 Å². The second-order valence-electron chi connectivity index (χ2n) is 4.05. The Morgan fingerprint density at radius 1 is 1.35 bits per heavy atom. The molecule has 1 heterocycles. The molecule has 0 fully saturated rings. The summed E-state index contributed by atoms with van der Waals surface area (Å²) >= 11 is 0. The quantitative estimate of drug-likeness (QED) is 0.893. The molecule has 1 aliphatic rings. The Morgan fingerprint density at radius 2 is 2.06 bits per heavy atom. The fourth-order valence-corrected chi connectivity index (χ4v) is 3.54. The first-order valence-electron chi connectivity index (χ1n) is 5.19. The lowest BCUT2D eigenvalue weighted by Gasteiger charge is -2.02. The fourth-order valence-electron chi connectivity index (χ4n) is 1.82. The Hall–Kier alpha value is -1.62. The lowest BCUT2D eigenvalue weighted by Crippen LogP contribution is -2.03.